The highest BCUT2D eigenvalue weighted by molar-refractivity contribution is 5.70. The molecule has 0 amide bonds. The highest BCUT2D eigenvalue weighted by atomic mass is 15.3. The summed E-state index contributed by atoms with van der Waals surface area (Å²) in [6.45, 7) is 1.97. The van der Waals surface area contributed by atoms with Gasteiger partial charge in [-0.05, 0) is 6.92 Å². The fourth-order valence-corrected chi connectivity index (χ4v) is 1.89. The van der Waals surface area contributed by atoms with Gasteiger partial charge in [-0.15, -0.1) is 0 Å². The predicted molar refractivity (Wildman–Crippen MR) is 65.4 cm³/mol. The fourth-order valence-electron chi connectivity index (χ4n) is 1.89. The Morgan fingerprint density at radius 3 is 2.71 bits per heavy atom. The molecule has 0 unspecified atom stereocenters. The average Bonchev–Trinajstić information content (AvgIpc) is 2.85. The van der Waals surface area contributed by atoms with Gasteiger partial charge in [0, 0.05) is 11.1 Å². The lowest BCUT2D eigenvalue weighted by molar-refractivity contribution is 0.934. The Hall–Kier alpha value is -2.43. The minimum absolute atomic E-state index is 0.349. The second-order valence-corrected chi connectivity index (χ2v) is 3.81. The fraction of sp³-hybridized carbons (Fsp3) is 0.0833. The Bertz CT molecular complexity index is 672. The van der Waals surface area contributed by atoms with Crippen molar-refractivity contribution in [2.45, 2.75) is 6.92 Å². The van der Waals surface area contributed by atoms with Gasteiger partial charge in [-0.25, -0.2) is 9.97 Å². The van der Waals surface area contributed by atoms with Gasteiger partial charge in [0.2, 0.25) is 5.95 Å². The summed E-state index contributed by atoms with van der Waals surface area (Å²) < 4.78 is 1.54. The van der Waals surface area contributed by atoms with E-state index in [0.29, 0.717) is 5.95 Å². The topological polar surface area (TPSA) is 69.1 Å². The molecule has 0 aliphatic carbocycles. The van der Waals surface area contributed by atoms with Crippen LogP contribution in [0.3, 0.4) is 0 Å². The van der Waals surface area contributed by atoms with Gasteiger partial charge in [-0.3, -0.25) is 0 Å². The molecule has 0 radical (unpaired) electrons. The van der Waals surface area contributed by atoms with Crippen molar-refractivity contribution < 1.29 is 0 Å². The standard InChI is InChI=1S/C12H11N5/c1-8-10(9-5-3-2-4-6-9)16-12(13)17-11(8)14-7-15-17/h2-7H,1H3,(H2,13,16). The molecular formula is C12H11N5. The summed E-state index contributed by atoms with van der Waals surface area (Å²) >= 11 is 0. The van der Waals surface area contributed by atoms with E-state index < -0.39 is 0 Å². The zero-order valence-corrected chi connectivity index (χ0v) is 9.33. The van der Waals surface area contributed by atoms with Crippen LogP contribution in [0.1, 0.15) is 5.56 Å². The number of aryl methyl sites for hydroxylation is 1. The third kappa shape index (κ3) is 1.44. The summed E-state index contributed by atoms with van der Waals surface area (Å²) in [6, 6.07) is 9.92. The molecule has 0 saturated heterocycles. The molecular weight excluding hydrogens is 214 g/mol. The quantitative estimate of drug-likeness (QED) is 0.684. The number of anilines is 1. The van der Waals surface area contributed by atoms with Crippen LogP contribution in [0.4, 0.5) is 5.95 Å². The molecule has 2 aromatic heterocycles. The van der Waals surface area contributed by atoms with Gasteiger partial charge in [-0.2, -0.15) is 9.61 Å². The first kappa shape index (κ1) is 9.77. The van der Waals surface area contributed by atoms with Crippen molar-refractivity contribution in [3.63, 3.8) is 0 Å². The second-order valence-electron chi connectivity index (χ2n) is 3.81. The van der Waals surface area contributed by atoms with E-state index in [0.717, 1.165) is 22.5 Å². The summed E-state index contributed by atoms with van der Waals surface area (Å²) in [5.41, 5.74) is 9.46. The van der Waals surface area contributed by atoms with Gasteiger partial charge < -0.3 is 5.73 Å². The van der Waals surface area contributed by atoms with Crippen LogP contribution >= 0.6 is 0 Å². The van der Waals surface area contributed by atoms with Gasteiger partial charge in [0.1, 0.15) is 6.33 Å². The van der Waals surface area contributed by atoms with Gasteiger partial charge >= 0.3 is 0 Å². The first-order chi connectivity index (χ1) is 8.27. The SMILES string of the molecule is Cc1c(-c2ccccc2)nc(N)n2ncnc12. The van der Waals surface area contributed by atoms with Crippen LogP contribution in [0, 0.1) is 6.92 Å². The monoisotopic (exact) mass is 225 g/mol. The van der Waals surface area contributed by atoms with Crippen molar-refractivity contribution in [2.75, 3.05) is 5.73 Å². The Balaban J connectivity index is 2.34. The molecule has 0 aliphatic rings. The molecule has 0 spiro atoms. The Kier molecular flexibility index (Phi) is 2.04. The molecule has 2 heterocycles. The van der Waals surface area contributed by atoms with Crippen LogP contribution in [0.15, 0.2) is 36.7 Å². The van der Waals surface area contributed by atoms with Crippen molar-refractivity contribution in [2.24, 2.45) is 0 Å². The van der Waals surface area contributed by atoms with Crippen molar-refractivity contribution in [1.82, 2.24) is 19.6 Å². The van der Waals surface area contributed by atoms with Crippen molar-refractivity contribution >= 4 is 11.6 Å². The lowest BCUT2D eigenvalue weighted by atomic mass is 10.1. The van der Waals surface area contributed by atoms with Crippen LogP contribution < -0.4 is 5.73 Å². The smallest absolute Gasteiger partial charge is 0.223 e. The van der Waals surface area contributed by atoms with E-state index >= 15 is 0 Å². The third-order valence-corrected chi connectivity index (χ3v) is 2.73. The minimum atomic E-state index is 0.349. The van der Waals surface area contributed by atoms with Gasteiger partial charge in [-0.1, -0.05) is 30.3 Å². The highest BCUT2D eigenvalue weighted by Crippen LogP contribution is 2.24. The molecule has 3 rings (SSSR count). The number of aromatic nitrogens is 4. The molecule has 5 nitrogen and oxygen atoms in total. The lowest BCUT2D eigenvalue weighted by Gasteiger charge is -2.07. The molecule has 0 bridgehead atoms. The molecule has 17 heavy (non-hydrogen) atoms. The Morgan fingerprint density at radius 1 is 1.18 bits per heavy atom. The van der Waals surface area contributed by atoms with E-state index in [1.807, 2.05) is 37.3 Å². The molecule has 3 aromatic rings. The Morgan fingerprint density at radius 2 is 1.94 bits per heavy atom. The molecule has 5 heteroatoms. The Labute approximate surface area is 97.9 Å². The number of nitrogens with zero attached hydrogens (tertiary/aromatic N) is 4. The van der Waals surface area contributed by atoms with Crippen LogP contribution in [0.25, 0.3) is 16.9 Å². The van der Waals surface area contributed by atoms with Crippen LogP contribution in [0.2, 0.25) is 0 Å². The molecule has 2 N–H and O–H groups in total. The van der Waals surface area contributed by atoms with Crippen LogP contribution in [-0.4, -0.2) is 19.6 Å². The van der Waals surface area contributed by atoms with E-state index in [1.54, 1.807) is 4.52 Å². The maximum atomic E-state index is 5.86. The number of nitrogen functional groups attached to an aromatic ring is 1. The summed E-state index contributed by atoms with van der Waals surface area (Å²) in [4.78, 5) is 8.58. The van der Waals surface area contributed by atoms with E-state index in [-0.39, 0.29) is 0 Å². The maximum Gasteiger partial charge on any atom is 0.223 e. The molecule has 1 aromatic carbocycles. The molecule has 84 valence electrons. The lowest BCUT2D eigenvalue weighted by Crippen LogP contribution is -2.05. The number of nitrogens with two attached hydrogens (primary N) is 1. The molecule has 0 saturated carbocycles. The first-order valence-electron chi connectivity index (χ1n) is 5.28. The summed E-state index contributed by atoms with van der Waals surface area (Å²) in [7, 11) is 0. The third-order valence-electron chi connectivity index (χ3n) is 2.73. The zero-order valence-electron chi connectivity index (χ0n) is 9.33. The van der Waals surface area contributed by atoms with E-state index in [1.165, 1.54) is 6.33 Å². The van der Waals surface area contributed by atoms with E-state index in [2.05, 4.69) is 15.1 Å². The minimum Gasteiger partial charge on any atom is -0.368 e. The normalized spacial score (nSPS) is 10.9. The van der Waals surface area contributed by atoms with Crippen molar-refractivity contribution in [3.8, 4) is 11.3 Å². The predicted octanol–water partition coefficient (Wildman–Crippen LogP) is 1.68. The number of rotatable bonds is 1. The largest absolute Gasteiger partial charge is 0.368 e. The second kappa shape index (κ2) is 3.55. The number of hydrogen-bond acceptors (Lipinski definition) is 4. The van der Waals surface area contributed by atoms with Crippen molar-refractivity contribution in [3.05, 3.63) is 42.2 Å². The van der Waals surface area contributed by atoms with E-state index in [9.17, 15) is 0 Å². The van der Waals surface area contributed by atoms with Crippen LogP contribution in [-0.2, 0) is 0 Å². The molecule has 0 atom stereocenters. The summed E-state index contributed by atoms with van der Waals surface area (Å²) in [6.07, 6.45) is 1.48. The average molecular weight is 225 g/mol. The molecule has 0 fully saturated rings. The summed E-state index contributed by atoms with van der Waals surface area (Å²) in [5.74, 6) is 0.349. The number of benzene rings is 1. The first-order valence-corrected chi connectivity index (χ1v) is 5.28. The van der Waals surface area contributed by atoms with Gasteiger partial charge in [0.25, 0.3) is 0 Å². The van der Waals surface area contributed by atoms with Gasteiger partial charge in [0.15, 0.2) is 5.65 Å². The van der Waals surface area contributed by atoms with E-state index in [4.69, 9.17) is 5.73 Å². The number of fused-ring (bicyclic) bond motifs is 1. The highest BCUT2D eigenvalue weighted by Gasteiger charge is 2.11. The number of hydrogen-bond donors (Lipinski definition) is 1. The van der Waals surface area contributed by atoms with Crippen LogP contribution in [0.5, 0.6) is 0 Å². The summed E-state index contributed by atoms with van der Waals surface area (Å²) in [5, 5.41) is 4.03. The zero-order chi connectivity index (χ0) is 11.8. The van der Waals surface area contributed by atoms with Crippen molar-refractivity contribution in [1.29, 1.82) is 0 Å². The van der Waals surface area contributed by atoms with Gasteiger partial charge in [0.05, 0.1) is 5.69 Å². The molecule has 0 aliphatic heterocycles. The maximum absolute atomic E-state index is 5.86.